The number of hydrogen-bond donors (Lipinski definition) is 3. The molecular weight excluding hydrogens is 542 g/mol. The molecule has 0 unspecified atom stereocenters. The minimum Gasteiger partial charge on any atom is -0.486 e. The Bertz CT molecular complexity index is 1460. The number of hydrogen-bond acceptors (Lipinski definition) is 10. The van der Waals surface area contributed by atoms with Crippen molar-refractivity contribution in [3.8, 4) is 11.5 Å². The number of sulfonamides is 1. The van der Waals surface area contributed by atoms with Crippen LogP contribution in [0.25, 0.3) is 0 Å². The Balaban J connectivity index is 1.43. The van der Waals surface area contributed by atoms with E-state index in [0.717, 1.165) is 48.8 Å². The first-order chi connectivity index (χ1) is 18.7. The molecule has 1 saturated heterocycles. The zero-order valence-corrected chi connectivity index (χ0v) is 23.7. The van der Waals surface area contributed by atoms with Crippen molar-refractivity contribution >= 4 is 56.1 Å². The lowest BCUT2D eigenvalue weighted by Crippen LogP contribution is -2.43. The van der Waals surface area contributed by atoms with E-state index in [4.69, 9.17) is 21.1 Å². The van der Waals surface area contributed by atoms with Gasteiger partial charge in [0.05, 0.1) is 18.1 Å². The number of rotatable bonds is 8. The first-order valence-electron chi connectivity index (χ1n) is 12.8. The third kappa shape index (κ3) is 5.92. The monoisotopic (exact) mass is 573 g/mol. The van der Waals surface area contributed by atoms with Gasteiger partial charge in [-0.2, -0.15) is 4.98 Å². The molecule has 39 heavy (non-hydrogen) atoms. The van der Waals surface area contributed by atoms with Gasteiger partial charge in [0.15, 0.2) is 17.3 Å². The zero-order chi connectivity index (χ0) is 27.6. The normalized spacial score (nSPS) is 15.1. The number of nitrogens with zero attached hydrogens (tertiary/aromatic N) is 4. The average Bonchev–Trinajstić information content (AvgIpc) is 2.94. The van der Waals surface area contributed by atoms with Crippen LogP contribution in [0.5, 0.6) is 11.5 Å². The molecular formula is C26H32ClN7O4S. The first-order valence-corrected chi connectivity index (χ1v) is 15.0. The number of anilines is 6. The molecule has 3 N–H and O–H groups in total. The number of ether oxygens (including phenoxy) is 2. The van der Waals surface area contributed by atoms with Crippen molar-refractivity contribution in [1.29, 1.82) is 0 Å². The molecule has 1 aromatic heterocycles. The van der Waals surface area contributed by atoms with Crippen LogP contribution in [0, 0.1) is 0 Å². The summed E-state index contributed by atoms with van der Waals surface area (Å²) >= 11 is 6.46. The van der Waals surface area contributed by atoms with Crippen molar-refractivity contribution in [3.05, 3.63) is 47.1 Å². The molecule has 2 aromatic carbocycles. The maximum Gasteiger partial charge on any atom is 0.232 e. The minimum absolute atomic E-state index is 0.270. The molecule has 13 heteroatoms. The second kappa shape index (κ2) is 11.3. The van der Waals surface area contributed by atoms with Crippen molar-refractivity contribution in [3.63, 3.8) is 0 Å². The maximum atomic E-state index is 12.5. The summed E-state index contributed by atoms with van der Waals surface area (Å²) in [6.07, 6.45) is 3.51. The summed E-state index contributed by atoms with van der Waals surface area (Å²) in [5.74, 6) is 1.44. The van der Waals surface area contributed by atoms with Crippen LogP contribution in [0.1, 0.15) is 12.5 Å². The number of aromatic nitrogens is 2. The zero-order valence-electron chi connectivity index (χ0n) is 22.1. The summed E-state index contributed by atoms with van der Waals surface area (Å²) in [4.78, 5) is 11.3. The Labute approximate surface area is 233 Å². The van der Waals surface area contributed by atoms with Gasteiger partial charge in [-0.15, -0.1) is 0 Å². The summed E-state index contributed by atoms with van der Waals surface area (Å²) in [7, 11) is -2.15. The van der Waals surface area contributed by atoms with Gasteiger partial charge in [0.1, 0.15) is 23.9 Å². The van der Waals surface area contributed by atoms with Gasteiger partial charge in [-0.1, -0.05) is 18.5 Å². The SMILES string of the molecule is CCc1cc(Nc2ncc(Cl)c(Nc3ccc4c(c3N(C)S(C)(=O)=O)OCCO4)n2)ccc1N1CCNCC1. The molecule has 3 heterocycles. The fourth-order valence-electron chi connectivity index (χ4n) is 4.61. The molecule has 3 aromatic rings. The van der Waals surface area contributed by atoms with Gasteiger partial charge in [-0.05, 0) is 42.3 Å². The van der Waals surface area contributed by atoms with Crippen molar-refractivity contribution in [1.82, 2.24) is 15.3 Å². The van der Waals surface area contributed by atoms with E-state index in [1.807, 2.05) is 6.07 Å². The van der Waals surface area contributed by atoms with Gasteiger partial charge in [0, 0.05) is 44.6 Å². The third-order valence-electron chi connectivity index (χ3n) is 6.67. The molecule has 5 rings (SSSR count). The second-order valence-electron chi connectivity index (χ2n) is 9.29. The van der Waals surface area contributed by atoms with Crippen LogP contribution < -0.4 is 34.6 Å². The fourth-order valence-corrected chi connectivity index (χ4v) is 5.26. The lowest BCUT2D eigenvalue weighted by atomic mass is 10.1. The molecule has 2 aliphatic rings. The van der Waals surface area contributed by atoms with E-state index in [1.165, 1.54) is 24.5 Å². The van der Waals surface area contributed by atoms with Crippen molar-refractivity contribution in [2.75, 3.05) is 72.5 Å². The highest BCUT2D eigenvalue weighted by molar-refractivity contribution is 7.92. The Kier molecular flexibility index (Phi) is 7.87. The quantitative estimate of drug-likeness (QED) is 0.367. The topological polar surface area (TPSA) is 121 Å². The van der Waals surface area contributed by atoms with E-state index in [0.29, 0.717) is 47.9 Å². The summed E-state index contributed by atoms with van der Waals surface area (Å²) < 4.78 is 37.5. The molecule has 208 valence electrons. The predicted octanol–water partition coefficient (Wildman–Crippen LogP) is 3.76. The molecule has 0 aliphatic carbocycles. The van der Waals surface area contributed by atoms with E-state index in [9.17, 15) is 8.42 Å². The van der Waals surface area contributed by atoms with E-state index < -0.39 is 10.0 Å². The molecule has 0 atom stereocenters. The minimum atomic E-state index is -3.61. The van der Waals surface area contributed by atoms with Crippen LogP contribution >= 0.6 is 11.6 Å². The summed E-state index contributed by atoms with van der Waals surface area (Å²) in [6, 6.07) is 9.68. The maximum absolute atomic E-state index is 12.5. The lowest BCUT2D eigenvalue weighted by molar-refractivity contribution is 0.172. The molecule has 1 fully saturated rings. The van der Waals surface area contributed by atoms with Crippen LogP contribution in [0.4, 0.5) is 34.5 Å². The van der Waals surface area contributed by atoms with Gasteiger partial charge in [0.2, 0.25) is 16.0 Å². The van der Waals surface area contributed by atoms with Crippen LogP contribution in [-0.4, -0.2) is 71.1 Å². The average molecular weight is 574 g/mol. The Morgan fingerprint density at radius 2 is 1.90 bits per heavy atom. The highest BCUT2D eigenvalue weighted by atomic mass is 35.5. The largest absolute Gasteiger partial charge is 0.486 e. The van der Waals surface area contributed by atoms with Gasteiger partial charge in [-0.25, -0.2) is 13.4 Å². The third-order valence-corrected chi connectivity index (χ3v) is 8.12. The first kappa shape index (κ1) is 27.1. The van der Waals surface area contributed by atoms with Gasteiger partial charge >= 0.3 is 0 Å². The lowest BCUT2D eigenvalue weighted by Gasteiger charge is -2.31. The summed E-state index contributed by atoms with van der Waals surface area (Å²) in [6.45, 7) is 6.73. The van der Waals surface area contributed by atoms with E-state index >= 15 is 0 Å². The highest BCUT2D eigenvalue weighted by Gasteiger charge is 2.27. The van der Waals surface area contributed by atoms with E-state index in [2.05, 4.69) is 49.9 Å². The number of nitrogens with one attached hydrogen (secondary N) is 3. The van der Waals surface area contributed by atoms with Crippen molar-refractivity contribution < 1.29 is 17.9 Å². The van der Waals surface area contributed by atoms with Crippen LogP contribution in [0.3, 0.4) is 0 Å². The summed E-state index contributed by atoms with van der Waals surface area (Å²) in [5, 5.41) is 10.1. The smallest absolute Gasteiger partial charge is 0.232 e. The van der Waals surface area contributed by atoms with E-state index in [1.54, 1.807) is 12.1 Å². The predicted molar refractivity (Wildman–Crippen MR) is 155 cm³/mol. The second-order valence-corrected chi connectivity index (χ2v) is 11.7. The molecule has 0 radical (unpaired) electrons. The molecule has 0 bridgehead atoms. The number of fused-ring (bicyclic) bond motifs is 1. The highest BCUT2D eigenvalue weighted by Crippen LogP contribution is 2.46. The van der Waals surface area contributed by atoms with Gasteiger partial charge in [0.25, 0.3) is 0 Å². The van der Waals surface area contributed by atoms with E-state index in [-0.39, 0.29) is 5.02 Å². The number of halogens is 1. The van der Waals surface area contributed by atoms with Crippen LogP contribution in [-0.2, 0) is 16.4 Å². The summed E-state index contributed by atoms with van der Waals surface area (Å²) in [5.41, 5.74) is 4.07. The molecule has 11 nitrogen and oxygen atoms in total. The molecule has 0 saturated carbocycles. The molecule has 0 spiro atoms. The fraction of sp³-hybridized carbons (Fsp3) is 0.385. The van der Waals surface area contributed by atoms with Gasteiger partial charge in [-0.3, -0.25) is 4.31 Å². The Hall–Kier alpha value is -3.48. The molecule has 2 aliphatic heterocycles. The number of benzene rings is 2. The standard InChI is InChI=1S/C26H32ClN7O4S/c1-4-17-15-18(5-7-21(17)34-11-9-28-10-12-34)30-26-29-16-19(27)25(32-26)31-20-6-8-22-24(38-14-13-37-22)23(20)33(2)39(3,35)36/h5-8,15-16,28H,4,9-14H2,1-3H3,(H2,29,30,31,32). The Morgan fingerprint density at radius 1 is 1.13 bits per heavy atom. The van der Waals surface area contributed by atoms with Crippen molar-refractivity contribution in [2.24, 2.45) is 0 Å². The Morgan fingerprint density at radius 3 is 2.64 bits per heavy atom. The van der Waals surface area contributed by atoms with Gasteiger partial charge < -0.3 is 30.3 Å². The van der Waals surface area contributed by atoms with Crippen LogP contribution in [0.15, 0.2) is 36.5 Å². The number of aryl methyl sites for hydroxylation is 1. The van der Waals surface area contributed by atoms with Crippen LogP contribution in [0.2, 0.25) is 5.02 Å². The molecule has 0 amide bonds. The number of piperazine rings is 1. The van der Waals surface area contributed by atoms with Crippen molar-refractivity contribution in [2.45, 2.75) is 13.3 Å².